The number of nitrogens with two attached hydrogens (primary N) is 1. The van der Waals surface area contributed by atoms with E-state index < -0.39 is 5.82 Å². The number of ether oxygens (including phenoxy) is 1. The second-order valence-electron chi connectivity index (χ2n) is 4.38. The fourth-order valence-corrected chi connectivity index (χ4v) is 1.85. The van der Waals surface area contributed by atoms with Crippen LogP contribution in [0, 0.1) is 5.82 Å². The van der Waals surface area contributed by atoms with Crippen molar-refractivity contribution in [3.05, 3.63) is 66.2 Å². The van der Waals surface area contributed by atoms with Crippen molar-refractivity contribution >= 4 is 0 Å². The lowest BCUT2D eigenvalue weighted by Crippen LogP contribution is -1.98. The zero-order valence-electron chi connectivity index (χ0n) is 11.1. The maximum atomic E-state index is 13.8. The topological polar surface area (TPSA) is 66.0 Å². The van der Waals surface area contributed by atoms with Crippen molar-refractivity contribution in [1.82, 2.24) is 14.8 Å². The molecule has 21 heavy (non-hydrogen) atoms. The maximum absolute atomic E-state index is 13.8. The average Bonchev–Trinajstić information content (AvgIpc) is 2.99. The van der Waals surface area contributed by atoms with Gasteiger partial charge in [0.2, 0.25) is 0 Å². The van der Waals surface area contributed by atoms with Gasteiger partial charge in [-0.25, -0.2) is 9.07 Å². The van der Waals surface area contributed by atoms with Crippen molar-refractivity contribution in [2.24, 2.45) is 5.73 Å². The summed E-state index contributed by atoms with van der Waals surface area (Å²) < 4.78 is 20.7. The van der Waals surface area contributed by atoms with E-state index in [0.717, 1.165) is 5.69 Å². The molecule has 0 aliphatic heterocycles. The van der Waals surface area contributed by atoms with Crippen LogP contribution in [0.1, 0.15) is 5.56 Å². The fraction of sp³-hybridized carbons (Fsp3) is 0.0667. The molecule has 0 fully saturated rings. The van der Waals surface area contributed by atoms with E-state index in [1.165, 1.54) is 18.5 Å². The highest BCUT2D eigenvalue weighted by atomic mass is 19.1. The van der Waals surface area contributed by atoms with Crippen LogP contribution < -0.4 is 10.5 Å². The van der Waals surface area contributed by atoms with Crippen LogP contribution in [0.15, 0.2) is 54.9 Å². The molecule has 106 valence electrons. The molecule has 3 aromatic rings. The van der Waals surface area contributed by atoms with E-state index in [4.69, 9.17) is 10.5 Å². The summed E-state index contributed by atoms with van der Waals surface area (Å²) in [5.41, 5.74) is 7.00. The van der Waals surface area contributed by atoms with Crippen LogP contribution in [0.4, 0.5) is 4.39 Å². The van der Waals surface area contributed by atoms with Crippen LogP contribution in [0.25, 0.3) is 5.69 Å². The van der Waals surface area contributed by atoms with Gasteiger partial charge in [0.25, 0.3) is 0 Å². The predicted octanol–water partition coefficient (Wildman–Crippen LogP) is 2.66. The van der Waals surface area contributed by atoms with Crippen LogP contribution in [-0.4, -0.2) is 14.8 Å². The maximum Gasteiger partial charge on any atom is 0.341 e. The Morgan fingerprint density at radius 2 is 1.95 bits per heavy atom. The molecule has 5 nitrogen and oxygen atoms in total. The third-order valence-corrected chi connectivity index (χ3v) is 2.92. The van der Waals surface area contributed by atoms with Gasteiger partial charge >= 0.3 is 6.01 Å². The minimum Gasteiger partial charge on any atom is -0.420 e. The van der Waals surface area contributed by atoms with Crippen LogP contribution in [0.5, 0.6) is 11.8 Å². The molecule has 0 saturated carbocycles. The van der Waals surface area contributed by atoms with E-state index in [1.807, 2.05) is 30.3 Å². The lowest BCUT2D eigenvalue weighted by atomic mass is 10.2. The summed E-state index contributed by atoms with van der Waals surface area (Å²) in [6, 6.07) is 14.1. The van der Waals surface area contributed by atoms with Gasteiger partial charge < -0.3 is 10.5 Å². The molecule has 0 atom stereocenters. The van der Waals surface area contributed by atoms with Gasteiger partial charge in [-0.15, -0.1) is 5.10 Å². The van der Waals surface area contributed by atoms with Gasteiger partial charge in [0.1, 0.15) is 6.33 Å². The lowest BCUT2D eigenvalue weighted by Gasteiger charge is -2.04. The van der Waals surface area contributed by atoms with E-state index in [2.05, 4.69) is 10.1 Å². The highest BCUT2D eigenvalue weighted by molar-refractivity contribution is 5.32. The molecule has 1 aromatic heterocycles. The third kappa shape index (κ3) is 2.90. The van der Waals surface area contributed by atoms with Crippen LogP contribution in [0.3, 0.4) is 0 Å². The van der Waals surface area contributed by atoms with Crippen molar-refractivity contribution in [3.8, 4) is 17.4 Å². The Morgan fingerprint density at radius 3 is 2.67 bits per heavy atom. The van der Waals surface area contributed by atoms with Crippen molar-refractivity contribution in [2.75, 3.05) is 0 Å². The summed E-state index contributed by atoms with van der Waals surface area (Å²) in [6.45, 7) is 0.276. The quantitative estimate of drug-likeness (QED) is 0.800. The molecule has 0 bridgehead atoms. The van der Waals surface area contributed by atoms with Crippen LogP contribution in [0.2, 0.25) is 0 Å². The molecule has 2 aromatic carbocycles. The van der Waals surface area contributed by atoms with Gasteiger partial charge in [-0.05, 0) is 29.8 Å². The fourth-order valence-electron chi connectivity index (χ4n) is 1.85. The monoisotopic (exact) mass is 284 g/mol. The van der Waals surface area contributed by atoms with Crippen LogP contribution in [-0.2, 0) is 6.54 Å². The number of hydrogen-bond donors (Lipinski definition) is 1. The molecule has 0 aliphatic rings. The average molecular weight is 284 g/mol. The van der Waals surface area contributed by atoms with E-state index in [-0.39, 0.29) is 18.3 Å². The predicted molar refractivity (Wildman–Crippen MR) is 75.7 cm³/mol. The third-order valence-electron chi connectivity index (χ3n) is 2.92. The Labute approximate surface area is 120 Å². The zero-order chi connectivity index (χ0) is 14.7. The van der Waals surface area contributed by atoms with Crippen molar-refractivity contribution in [1.29, 1.82) is 0 Å². The van der Waals surface area contributed by atoms with Crippen molar-refractivity contribution in [3.63, 3.8) is 0 Å². The first-order chi connectivity index (χ1) is 10.3. The van der Waals surface area contributed by atoms with Gasteiger partial charge in [0.15, 0.2) is 11.6 Å². The van der Waals surface area contributed by atoms with Gasteiger partial charge in [-0.2, -0.15) is 4.98 Å². The molecule has 0 saturated heterocycles. The number of nitrogens with zero attached hydrogens (tertiary/aromatic N) is 3. The van der Waals surface area contributed by atoms with Gasteiger partial charge in [-0.3, -0.25) is 0 Å². The number of benzene rings is 2. The molecular formula is C15H13FN4O. The largest absolute Gasteiger partial charge is 0.420 e. The Bertz CT molecular complexity index is 742. The summed E-state index contributed by atoms with van der Waals surface area (Å²) in [7, 11) is 0. The van der Waals surface area contributed by atoms with E-state index in [1.54, 1.807) is 10.7 Å². The second kappa shape index (κ2) is 5.72. The molecule has 0 aliphatic carbocycles. The highest BCUT2D eigenvalue weighted by Gasteiger charge is 2.09. The van der Waals surface area contributed by atoms with E-state index >= 15 is 0 Å². The molecule has 0 radical (unpaired) electrons. The molecule has 0 amide bonds. The SMILES string of the molecule is NCc1ccc(Oc2ncn(-c3ccccc3)n2)c(F)c1. The minimum absolute atomic E-state index is 0.0676. The molecule has 2 N–H and O–H groups in total. The first kappa shape index (κ1) is 13.3. The summed E-state index contributed by atoms with van der Waals surface area (Å²) in [4.78, 5) is 4.01. The van der Waals surface area contributed by atoms with Gasteiger partial charge in [-0.1, -0.05) is 24.3 Å². The van der Waals surface area contributed by atoms with E-state index in [0.29, 0.717) is 5.56 Å². The number of para-hydroxylation sites is 1. The summed E-state index contributed by atoms with van der Waals surface area (Å²) in [6.07, 6.45) is 1.51. The molecule has 0 unspecified atom stereocenters. The molecule has 3 rings (SSSR count). The lowest BCUT2D eigenvalue weighted by molar-refractivity contribution is 0.410. The smallest absolute Gasteiger partial charge is 0.341 e. The number of aromatic nitrogens is 3. The summed E-state index contributed by atoms with van der Waals surface area (Å²) >= 11 is 0. The Morgan fingerprint density at radius 1 is 1.14 bits per heavy atom. The number of hydrogen-bond acceptors (Lipinski definition) is 4. The van der Waals surface area contributed by atoms with Gasteiger partial charge in [0.05, 0.1) is 5.69 Å². The minimum atomic E-state index is -0.492. The first-order valence-corrected chi connectivity index (χ1v) is 6.39. The van der Waals surface area contributed by atoms with Crippen LogP contribution >= 0.6 is 0 Å². The Hall–Kier alpha value is -2.73. The second-order valence-corrected chi connectivity index (χ2v) is 4.38. The first-order valence-electron chi connectivity index (χ1n) is 6.39. The summed E-state index contributed by atoms with van der Waals surface area (Å²) in [5, 5.41) is 4.15. The highest BCUT2D eigenvalue weighted by Crippen LogP contribution is 2.23. The number of halogens is 1. The van der Waals surface area contributed by atoms with Gasteiger partial charge in [0, 0.05) is 6.54 Å². The van der Waals surface area contributed by atoms with E-state index in [9.17, 15) is 4.39 Å². The van der Waals surface area contributed by atoms with Crippen molar-refractivity contribution in [2.45, 2.75) is 6.54 Å². The molecule has 1 heterocycles. The number of rotatable bonds is 4. The van der Waals surface area contributed by atoms with Crippen molar-refractivity contribution < 1.29 is 9.13 Å². The Balaban J connectivity index is 1.82. The molecule has 6 heteroatoms. The Kier molecular flexibility index (Phi) is 3.61. The summed E-state index contributed by atoms with van der Waals surface area (Å²) in [5.74, 6) is -0.424. The zero-order valence-corrected chi connectivity index (χ0v) is 11.1. The molecule has 0 spiro atoms. The molecular weight excluding hydrogens is 271 g/mol. The standard InChI is InChI=1S/C15H13FN4O/c16-13-8-11(9-17)6-7-14(13)21-15-18-10-20(19-15)12-4-2-1-3-5-12/h1-8,10H,9,17H2. The normalized spacial score (nSPS) is 10.6.